The van der Waals surface area contributed by atoms with Crippen molar-refractivity contribution in [3.05, 3.63) is 41.2 Å². The van der Waals surface area contributed by atoms with Crippen LogP contribution in [0, 0.1) is 12.7 Å². The SMILES string of the molecule is CCCCC=Cc1cc(C)cc(F)c1. The van der Waals surface area contributed by atoms with E-state index in [0.29, 0.717) is 0 Å². The maximum Gasteiger partial charge on any atom is 0.124 e. The molecule has 76 valence electrons. The summed E-state index contributed by atoms with van der Waals surface area (Å²) in [6.45, 7) is 4.08. The Morgan fingerprint density at radius 3 is 2.71 bits per heavy atom. The number of unbranched alkanes of at least 4 members (excludes halogenated alkanes) is 2. The van der Waals surface area contributed by atoms with Gasteiger partial charge in [-0.3, -0.25) is 0 Å². The molecule has 0 atom stereocenters. The molecule has 0 N–H and O–H groups in total. The van der Waals surface area contributed by atoms with E-state index in [0.717, 1.165) is 17.5 Å². The van der Waals surface area contributed by atoms with Gasteiger partial charge in [0.1, 0.15) is 5.82 Å². The van der Waals surface area contributed by atoms with Gasteiger partial charge in [-0.15, -0.1) is 0 Å². The molecule has 0 radical (unpaired) electrons. The maximum atomic E-state index is 13.0. The smallest absolute Gasteiger partial charge is 0.124 e. The lowest BCUT2D eigenvalue weighted by Gasteiger charge is -1.97. The van der Waals surface area contributed by atoms with Crippen molar-refractivity contribution in [2.75, 3.05) is 0 Å². The molecule has 0 aliphatic rings. The second-order valence-corrected chi connectivity index (χ2v) is 3.61. The zero-order valence-corrected chi connectivity index (χ0v) is 8.89. The molecular weight excluding hydrogens is 175 g/mol. The van der Waals surface area contributed by atoms with Gasteiger partial charge in [0, 0.05) is 0 Å². The van der Waals surface area contributed by atoms with Crippen LogP contribution < -0.4 is 0 Å². The Hall–Kier alpha value is -1.11. The minimum Gasteiger partial charge on any atom is -0.207 e. The monoisotopic (exact) mass is 192 g/mol. The number of halogens is 1. The molecule has 0 saturated carbocycles. The third-order valence-electron chi connectivity index (χ3n) is 2.10. The van der Waals surface area contributed by atoms with Crippen LogP contribution in [0.15, 0.2) is 24.3 Å². The lowest BCUT2D eigenvalue weighted by atomic mass is 10.1. The molecule has 0 nitrogen and oxygen atoms in total. The molecule has 0 heterocycles. The van der Waals surface area contributed by atoms with Crippen LogP contribution in [0.25, 0.3) is 6.08 Å². The Morgan fingerprint density at radius 1 is 1.29 bits per heavy atom. The minimum absolute atomic E-state index is 0.153. The van der Waals surface area contributed by atoms with Gasteiger partial charge in [-0.2, -0.15) is 0 Å². The third-order valence-corrected chi connectivity index (χ3v) is 2.10. The molecule has 1 aromatic carbocycles. The Labute approximate surface area is 85.5 Å². The van der Waals surface area contributed by atoms with Gasteiger partial charge < -0.3 is 0 Å². The molecule has 0 bridgehead atoms. The molecule has 0 spiro atoms. The molecule has 14 heavy (non-hydrogen) atoms. The second-order valence-electron chi connectivity index (χ2n) is 3.61. The van der Waals surface area contributed by atoms with E-state index in [1.54, 1.807) is 12.1 Å². The first kappa shape index (κ1) is 11.0. The van der Waals surface area contributed by atoms with Crippen molar-refractivity contribution in [3.63, 3.8) is 0 Å². The summed E-state index contributed by atoms with van der Waals surface area (Å²) in [5.41, 5.74) is 1.93. The lowest BCUT2D eigenvalue weighted by molar-refractivity contribution is 0.626. The van der Waals surface area contributed by atoms with Crippen LogP contribution in [-0.2, 0) is 0 Å². The summed E-state index contributed by atoms with van der Waals surface area (Å²) >= 11 is 0. The number of aryl methyl sites for hydroxylation is 1. The van der Waals surface area contributed by atoms with Crippen LogP contribution in [0.1, 0.15) is 37.3 Å². The van der Waals surface area contributed by atoms with Crippen LogP contribution in [0.4, 0.5) is 4.39 Å². The molecule has 0 amide bonds. The molecule has 1 aromatic rings. The first-order valence-electron chi connectivity index (χ1n) is 5.16. The molecule has 1 rings (SSSR count). The number of hydrogen-bond donors (Lipinski definition) is 0. The van der Waals surface area contributed by atoms with E-state index < -0.39 is 0 Å². The van der Waals surface area contributed by atoms with E-state index in [1.165, 1.54) is 12.8 Å². The van der Waals surface area contributed by atoms with E-state index in [1.807, 2.05) is 19.1 Å². The average molecular weight is 192 g/mol. The minimum atomic E-state index is -0.153. The predicted molar refractivity (Wildman–Crippen MR) is 59.7 cm³/mol. The van der Waals surface area contributed by atoms with E-state index in [9.17, 15) is 4.39 Å². The summed E-state index contributed by atoms with van der Waals surface area (Å²) in [5.74, 6) is -0.153. The Morgan fingerprint density at radius 2 is 2.07 bits per heavy atom. The van der Waals surface area contributed by atoms with Crippen molar-refractivity contribution in [3.8, 4) is 0 Å². The molecule has 0 saturated heterocycles. The van der Waals surface area contributed by atoms with Crippen LogP contribution in [-0.4, -0.2) is 0 Å². The largest absolute Gasteiger partial charge is 0.207 e. The summed E-state index contributed by atoms with van der Waals surface area (Å²) in [6, 6.07) is 5.10. The van der Waals surface area contributed by atoms with Crippen LogP contribution in [0.5, 0.6) is 0 Å². The van der Waals surface area contributed by atoms with Crippen molar-refractivity contribution in [1.29, 1.82) is 0 Å². The summed E-state index contributed by atoms with van der Waals surface area (Å²) < 4.78 is 13.0. The van der Waals surface area contributed by atoms with Crippen molar-refractivity contribution >= 4 is 6.08 Å². The highest BCUT2D eigenvalue weighted by molar-refractivity contribution is 5.50. The Bertz CT molecular complexity index is 293. The van der Waals surface area contributed by atoms with Crippen molar-refractivity contribution in [1.82, 2.24) is 0 Å². The van der Waals surface area contributed by atoms with E-state index in [-0.39, 0.29) is 5.82 Å². The lowest BCUT2D eigenvalue weighted by Crippen LogP contribution is -1.80. The van der Waals surface area contributed by atoms with E-state index in [2.05, 4.69) is 13.0 Å². The van der Waals surface area contributed by atoms with Gasteiger partial charge in [0.05, 0.1) is 0 Å². The molecular formula is C13H17F. The van der Waals surface area contributed by atoms with Crippen molar-refractivity contribution < 1.29 is 4.39 Å². The molecule has 0 aliphatic heterocycles. The fraction of sp³-hybridized carbons (Fsp3) is 0.385. The van der Waals surface area contributed by atoms with Crippen LogP contribution in [0.3, 0.4) is 0 Å². The fourth-order valence-corrected chi connectivity index (χ4v) is 1.40. The average Bonchev–Trinajstić information content (AvgIpc) is 2.11. The summed E-state index contributed by atoms with van der Waals surface area (Å²) in [7, 11) is 0. The Balaban J connectivity index is 2.62. The number of allylic oxidation sites excluding steroid dienone is 1. The molecule has 0 aliphatic carbocycles. The molecule has 0 fully saturated rings. The van der Waals surface area contributed by atoms with Crippen LogP contribution >= 0.6 is 0 Å². The summed E-state index contributed by atoms with van der Waals surface area (Å²) in [6.07, 6.45) is 7.58. The van der Waals surface area contributed by atoms with Gasteiger partial charge in [-0.1, -0.05) is 38.0 Å². The quantitative estimate of drug-likeness (QED) is 0.622. The highest BCUT2D eigenvalue weighted by Gasteiger charge is 1.93. The van der Waals surface area contributed by atoms with Crippen molar-refractivity contribution in [2.24, 2.45) is 0 Å². The highest BCUT2D eigenvalue weighted by Crippen LogP contribution is 2.10. The van der Waals surface area contributed by atoms with Crippen LogP contribution in [0.2, 0.25) is 0 Å². The van der Waals surface area contributed by atoms with E-state index >= 15 is 0 Å². The first-order chi connectivity index (χ1) is 6.72. The van der Waals surface area contributed by atoms with Gasteiger partial charge in [0.2, 0.25) is 0 Å². The third kappa shape index (κ3) is 3.73. The molecule has 0 aromatic heterocycles. The number of rotatable bonds is 4. The number of benzene rings is 1. The number of hydrogen-bond acceptors (Lipinski definition) is 0. The van der Waals surface area contributed by atoms with Gasteiger partial charge in [0.15, 0.2) is 0 Å². The van der Waals surface area contributed by atoms with Gasteiger partial charge >= 0.3 is 0 Å². The highest BCUT2D eigenvalue weighted by atomic mass is 19.1. The first-order valence-corrected chi connectivity index (χ1v) is 5.16. The normalized spacial score (nSPS) is 11.1. The second kappa shape index (κ2) is 5.58. The van der Waals surface area contributed by atoms with Gasteiger partial charge in [-0.05, 0) is 36.6 Å². The van der Waals surface area contributed by atoms with Crippen molar-refractivity contribution in [2.45, 2.75) is 33.1 Å². The summed E-state index contributed by atoms with van der Waals surface area (Å²) in [4.78, 5) is 0. The standard InChI is InChI=1S/C13H17F/c1-3-4-5-6-7-12-8-11(2)9-13(14)10-12/h6-10H,3-5H2,1-2H3. The van der Waals surface area contributed by atoms with E-state index in [4.69, 9.17) is 0 Å². The summed E-state index contributed by atoms with van der Waals surface area (Å²) in [5, 5.41) is 0. The topological polar surface area (TPSA) is 0 Å². The zero-order valence-electron chi connectivity index (χ0n) is 8.89. The van der Waals surface area contributed by atoms with Gasteiger partial charge in [0.25, 0.3) is 0 Å². The predicted octanol–water partition coefficient (Wildman–Crippen LogP) is 4.34. The zero-order chi connectivity index (χ0) is 10.4. The maximum absolute atomic E-state index is 13.0. The Kier molecular flexibility index (Phi) is 4.37. The van der Waals surface area contributed by atoms with Gasteiger partial charge in [-0.25, -0.2) is 4.39 Å². The molecule has 0 unspecified atom stereocenters. The molecule has 1 heteroatoms. The fourth-order valence-electron chi connectivity index (χ4n) is 1.40.